The van der Waals surface area contributed by atoms with Crippen LogP contribution in [-0.2, 0) is 6.54 Å². The molecule has 0 aliphatic heterocycles. The summed E-state index contributed by atoms with van der Waals surface area (Å²) in [6, 6.07) is 0. The van der Waals surface area contributed by atoms with Crippen molar-refractivity contribution in [1.82, 2.24) is 24.5 Å². The highest BCUT2D eigenvalue weighted by Gasteiger charge is 2.17. The normalized spacial score (nSPS) is 11.1. The molecule has 0 amide bonds. The zero-order valence-electron chi connectivity index (χ0n) is 10.7. The molecule has 0 aliphatic rings. The van der Waals surface area contributed by atoms with Crippen molar-refractivity contribution in [2.75, 3.05) is 5.73 Å². The highest BCUT2D eigenvalue weighted by atomic mass is 15.4. The Morgan fingerprint density at radius 3 is 2.41 bits per heavy atom. The first-order valence-electron chi connectivity index (χ1n) is 5.78. The van der Waals surface area contributed by atoms with Crippen molar-refractivity contribution in [3.8, 4) is 5.82 Å². The molecule has 6 nitrogen and oxygen atoms in total. The Labute approximate surface area is 100 Å². The summed E-state index contributed by atoms with van der Waals surface area (Å²) in [4.78, 5) is 4.29. The molecule has 2 N–H and O–H groups in total. The standard InChI is InChI=1S/C11H18N6/c1-5-6-16-11(10(12)7(2)14-16)17-9(4)13-8(3)15-17/h5-6,12H2,1-4H3. The smallest absolute Gasteiger partial charge is 0.177 e. The maximum Gasteiger partial charge on any atom is 0.177 e. The van der Waals surface area contributed by atoms with Crippen LogP contribution in [-0.4, -0.2) is 24.5 Å². The van der Waals surface area contributed by atoms with E-state index in [2.05, 4.69) is 22.1 Å². The monoisotopic (exact) mass is 234 g/mol. The number of nitrogens with two attached hydrogens (primary N) is 1. The van der Waals surface area contributed by atoms with Crippen LogP contribution < -0.4 is 5.73 Å². The number of aromatic nitrogens is 5. The quantitative estimate of drug-likeness (QED) is 0.870. The lowest BCUT2D eigenvalue weighted by Gasteiger charge is -2.07. The summed E-state index contributed by atoms with van der Waals surface area (Å²) < 4.78 is 3.66. The molecule has 0 radical (unpaired) electrons. The van der Waals surface area contributed by atoms with Gasteiger partial charge >= 0.3 is 0 Å². The first-order chi connectivity index (χ1) is 8.04. The van der Waals surface area contributed by atoms with Gasteiger partial charge in [-0.3, -0.25) is 0 Å². The van der Waals surface area contributed by atoms with E-state index in [1.807, 2.05) is 25.5 Å². The van der Waals surface area contributed by atoms with Crippen molar-refractivity contribution in [3.63, 3.8) is 0 Å². The highest BCUT2D eigenvalue weighted by molar-refractivity contribution is 5.57. The summed E-state index contributed by atoms with van der Waals surface area (Å²) in [6.45, 7) is 8.62. The molecule has 6 heteroatoms. The molecule has 0 unspecified atom stereocenters. The van der Waals surface area contributed by atoms with E-state index in [1.54, 1.807) is 4.68 Å². The first-order valence-corrected chi connectivity index (χ1v) is 5.78. The topological polar surface area (TPSA) is 74.6 Å². The van der Waals surface area contributed by atoms with Crippen LogP contribution in [0.3, 0.4) is 0 Å². The summed E-state index contributed by atoms with van der Waals surface area (Å²) >= 11 is 0. The fourth-order valence-electron chi connectivity index (χ4n) is 1.90. The fourth-order valence-corrected chi connectivity index (χ4v) is 1.90. The van der Waals surface area contributed by atoms with Crippen LogP contribution in [0.4, 0.5) is 5.69 Å². The molecule has 0 saturated carbocycles. The minimum absolute atomic E-state index is 0.673. The second kappa shape index (κ2) is 4.20. The zero-order valence-corrected chi connectivity index (χ0v) is 10.7. The van der Waals surface area contributed by atoms with Gasteiger partial charge in [-0.25, -0.2) is 9.67 Å². The number of rotatable bonds is 3. The van der Waals surface area contributed by atoms with E-state index < -0.39 is 0 Å². The van der Waals surface area contributed by atoms with Gasteiger partial charge in [0.25, 0.3) is 0 Å². The third-order valence-electron chi connectivity index (χ3n) is 2.66. The molecule has 2 heterocycles. The van der Waals surface area contributed by atoms with Crippen molar-refractivity contribution in [2.24, 2.45) is 0 Å². The maximum absolute atomic E-state index is 6.07. The van der Waals surface area contributed by atoms with Crippen molar-refractivity contribution in [1.29, 1.82) is 0 Å². The summed E-state index contributed by atoms with van der Waals surface area (Å²) in [6.07, 6.45) is 1.00. The highest BCUT2D eigenvalue weighted by Crippen LogP contribution is 2.21. The van der Waals surface area contributed by atoms with Crippen molar-refractivity contribution in [3.05, 3.63) is 17.3 Å². The van der Waals surface area contributed by atoms with Gasteiger partial charge in [-0.2, -0.15) is 9.78 Å². The number of aryl methyl sites for hydroxylation is 4. The number of hydrogen-bond acceptors (Lipinski definition) is 4. The van der Waals surface area contributed by atoms with E-state index in [0.717, 1.165) is 36.1 Å². The molecular weight excluding hydrogens is 216 g/mol. The molecule has 0 aliphatic carbocycles. The molecule has 0 fully saturated rings. The number of anilines is 1. The van der Waals surface area contributed by atoms with Gasteiger partial charge in [-0.1, -0.05) is 6.92 Å². The van der Waals surface area contributed by atoms with Gasteiger partial charge in [0.15, 0.2) is 5.82 Å². The Morgan fingerprint density at radius 1 is 1.18 bits per heavy atom. The summed E-state index contributed by atoms with van der Waals surface area (Å²) in [5, 5.41) is 8.79. The summed E-state index contributed by atoms with van der Waals surface area (Å²) in [5.41, 5.74) is 7.58. The van der Waals surface area contributed by atoms with Gasteiger partial charge in [0.2, 0.25) is 0 Å². The molecule has 0 bridgehead atoms. The van der Waals surface area contributed by atoms with Gasteiger partial charge in [-0.05, 0) is 27.2 Å². The van der Waals surface area contributed by atoms with Crippen LogP contribution in [0, 0.1) is 20.8 Å². The van der Waals surface area contributed by atoms with Crippen LogP contribution in [0.1, 0.15) is 30.7 Å². The van der Waals surface area contributed by atoms with E-state index in [-0.39, 0.29) is 0 Å². The Kier molecular flexibility index (Phi) is 2.87. The Bertz CT molecular complexity index is 536. The molecule has 0 spiro atoms. The molecule has 17 heavy (non-hydrogen) atoms. The van der Waals surface area contributed by atoms with Crippen LogP contribution in [0.15, 0.2) is 0 Å². The van der Waals surface area contributed by atoms with Crippen LogP contribution in [0.25, 0.3) is 5.82 Å². The number of hydrogen-bond donors (Lipinski definition) is 1. The van der Waals surface area contributed by atoms with Gasteiger partial charge in [-0.15, -0.1) is 5.10 Å². The minimum atomic E-state index is 0.673. The van der Waals surface area contributed by atoms with Crippen molar-refractivity contribution < 1.29 is 0 Å². The van der Waals surface area contributed by atoms with E-state index in [4.69, 9.17) is 5.73 Å². The molecule has 2 aromatic heterocycles. The Morgan fingerprint density at radius 2 is 1.88 bits per heavy atom. The predicted molar refractivity (Wildman–Crippen MR) is 66.1 cm³/mol. The predicted octanol–water partition coefficient (Wildman–Crippen LogP) is 1.38. The SMILES string of the molecule is CCCn1nc(C)c(N)c1-n1nc(C)nc1C. The van der Waals surface area contributed by atoms with Gasteiger partial charge in [0.05, 0.1) is 11.4 Å². The van der Waals surface area contributed by atoms with Crippen molar-refractivity contribution in [2.45, 2.75) is 40.7 Å². The van der Waals surface area contributed by atoms with Crippen LogP contribution in [0.5, 0.6) is 0 Å². The Hall–Kier alpha value is -1.85. The average Bonchev–Trinajstić information content (AvgIpc) is 2.70. The van der Waals surface area contributed by atoms with E-state index in [1.165, 1.54) is 0 Å². The maximum atomic E-state index is 6.07. The lowest BCUT2D eigenvalue weighted by Crippen LogP contribution is -2.11. The van der Waals surface area contributed by atoms with Crippen LogP contribution in [0.2, 0.25) is 0 Å². The van der Waals surface area contributed by atoms with E-state index >= 15 is 0 Å². The number of nitrogens with zero attached hydrogens (tertiary/aromatic N) is 5. The van der Waals surface area contributed by atoms with E-state index in [0.29, 0.717) is 5.69 Å². The second-order valence-electron chi connectivity index (χ2n) is 4.16. The van der Waals surface area contributed by atoms with Crippen molar-refractivity contribution >= 4 is 5.69 Å². The van der Waals surface area contributed by atoms with Gasteiger partial charge in [0.1, 0.15) is 11.6 Å². The lowest BCUT2D eigenvalue weighted by molar-refractivity contribution is 0.570. The molecule has 2 aromatic rings. The summed E-state index contributed by atoms with van der Waals surface area (Å²) in [7, 11) is 0. The lowest BCUT2D eigenvalue weighted by atomic mass is 10.4. The zero-order chi connectivity index (χ0) is 12.6. The van der Waals surface area contributed by atoms with Crippen LogP contribution >= 0.6 is 0 Å². The average molecular weight is 234 g/mol. The molecule has 2 rings (SSSR count). The molecular formula is C11H18N6. The van der Waals surface area contributed by atoms with E-state index in [9.17, 15) is 0 Å². The summed E-state index contributed by atoms with van der Waals surface area (Å²) in [5.74, 6) is 2.39. The molecule has 0 saturated heterocycles. The molecule has 0 atom stereocenters. The molecule has 92 valence electrons. The second-order valence-corrected chi connectivity index (χ2v) is 4.16. The fraction of sp³-hybridized carbons (Fsp3) is 0.545. The largest absolute Gasteiger partial charge is 0.394 e. The third-order valence-corrected chi connectivity index (χ3v) is 2.66. The number of nitrogen functional groups attached to an aromatic ring is 1. The third kappa shape index (κ3) is 1.90. The Balaban J connectivity index is 2.61. The minimum Gasteiger partial charge on any atom is -0.394 e. The molecule has 0 aromatic carbocycles. The van der Waals surface area contributed by atoms with Gasteiger partial charge in [0, 0.05) is 6.54 Å². The van der Waals surface area contributed by atoms with Gasteiger partial charge < -0.3 is 5.73 Å². The first kappa shape index (κ1) is 11.6.